The van der Waals surface area contributed by atoms with E-state index in [1.807, 2.05) is 6.92 Å². The van der Waals surface area contributed by atoms with Gasteiger partial charge in [0.15, 0.2) is 11.7 Å². The van der Waals surface area contributed by atoms with Gasteiger partial charge >= 0.3 is 0 Å². The molecule has 0 radical (unpaired) electrons. The molecule has 1 nitrogen and oxygen atoms in total. The summed E-state index contributed by atoms with van der Waals surface area (Å²) in [5, 5.41) is 0. The predicted molar refractivity (Wildman–Crippen MR) is 81.8 cm³/mol. The van der Waals surface area contributed by atoms with Crippen LogP contribution < -0.4 is 0 Å². The normalized spacial score (nSPS) is 17.1. The molecular weight excluding hydrogens is 258 g/mol. The standard InChI is InChI=1S/C17H28F2O/c1-7-9-10-12(3)15(6)20-11-13(4)14(5)17(19)16(18)8-2/h8,12-13,15H,2,5,7,9-11H2,1,3-4,6H3/b17-16-. The Balaban J connectivity index is 4.31. The maximum absolute atomic E-state index is 13.6. The summed E-state index contributed by atoms with van der Waals surface area (Å²) in [4.78, 5) is 0. The van der Waals surface area contributed by atoms with Crippen molar-refractivity contribution in [1.29, 1.82) is 0 Å². The Labute approximate surface area is 122 Å². The second kappa shape index (κ2) is 9.87. The van der Waals surface area contributed by atoms with Crippen LogP contribution in [0.4, 0.5) is 8.78 Å². The van der Waals surface area contributed by atoms with E-state index in [-0.39, 0.29) is 17.6 Å². The first kappa shape index (κ1) is 19.0. The van der Waals surface area contributed by atoms with Crippen LogP contribution in [0, 0.1) is 11.8 Å². The van der Waals surface area contributed by atoms with Gasteiger partial charge in [-0.15, -0.1) is 0 Å². The largest absolute Gasteiger partial charge is 0.378 e. The third-order valence-electron chi connectivity index (χ3n) is 3.69. The smallest absolute Gasteiger partial charge is 0.161 e. The fourth-order valence-corrected chi connectivity index (χ4v) is 1.78. The maximum Gasteiger partial charge on any atom is 0.161 e. The van der Waals surface area contributed by atoms with Gasteiger partial charge in [0.2, 0.25) is 0 Å². The Bertz CT molecular complexity index is 347. The molecule has 0 amide bonds. The quantitative estimate of drug-likeness (QED) is 0.465. The first-order chi connectivity index (χ1) is 9.34. The maximum atomic E-state index is 13.6. The third-order valence-corrected chi connectivity index (χ3v) is 3.69. The van der Waals surface area contributed by atoms with Crippen molar-refractivity contribution in [2.45, 2.75) is 53.1 Å². The lowest BCUT2D eigenvalue weighted by Gasteiger charge is -2.23. The van der Waals surface area contributed by atoms with Crippen molar-refractivity contribution in [3.05, 3.63) is 36.5 Å². The topological polar surface area (TPSA) is 9.23 Å². The third kappa shape index (κ3) is 6.47. The number of ether oxygens (including phenoxy) is 1. The van der Waals surface area contributed by atoms with Crippen molar-refractivity contribution in [2.24, 2.45) is 11.8 Å². The molecule has 0 aromatic heterocycles. The van der Waals surface area contributed by atoms with Crippen LogP contribution in [0.2, 0.25) is 0 Å². The molecule has 0 heterocycles. The van der Waals surface area contributed by atoms with Crippen molar-refractivity contribution in [3.63, 3.8) is 0 Å². The van der Waals surface area contributed by atoms with Gasteiger partial charge in [0.05, 0.1) is 12.7 Å². The van der Waals surface area contributed by atoms with Crippen molar-refractivity contribution in [2.75, 3.05) is 6.61 Å². The molecule has 0 saturated carbocycles. The second-order valence-electron chi connectivity index (χ2n) is 5.45. The summed E-state index contributed by atoms with van der Waals surface area (Å²) in [6.07, 6.45) is 4.42. The van der Waals surface area contributed by atoms with Gasteiger partial charge in [0.1, 0.15) is 0 Å². The number of halogens is 2. The molecule has 0 aromatic carbocycles. The van der Waals surface area contributed by atoms with E-state index in [9.17, 15) is 8.78 Å². The van der Waals surface area contributed by atoms with Gasteiger partial charge in [-0.05, 0) is 30.9 Å². The molecule has 0 rings (SSSR count). The van der Waals surface area contributed by atoms with Gasteiger partial charge in [-0.1, -0.05) is 46.8 Å². The van der Waals surface area contributed by atoms with Crippen molar-refractivity contribution in [3.8, 4) is 0 Å². The van der Waals surface area contributed by atoms with Crippen molar-refractivity contribution >= 4 is 0 Å². The number of hydrogen-bond acceptors (Lipinski definition) is 1. The molecule has 20 heavy (non-hydrogen) atoms. The monoisotopic (exact) mass is 286 g/mol. The van der Waals surface area contributed by atoms with E-state index in [4.69, 9.17) is 4.74 Å². The van der Waals surface area contributed by atoms with Gasteiger partial charge < -0.3 is 4.74 Å². The highest BCUT2D eigenvalue weighted by molar-refractivity contribution is 5.30. The molecule has 0 aliphatic rings. The summed E-state index contributed by atoms with van der Waals surface area (Å²) < 4.78 is 32.4. The first-order valence-corrected chi connectivity index (χ1v) is 7.33. The van der Waals surface area contributed by atoms with Crippen LogP contribution in [0.5, 0.6) is 0 Å². The highest BCUT2D eigenvalue weighted by atomic mass is 19.2. The fraction of sp³-hybridized carbons (Fsp3) is 0.647. The SMILES string of the molecule is C=C/C(F)=C(/F)C(=C)C(C)COC(C)C(C)CCCC. The summed E-state index contributed by atoms with van der Waals surface area (Å²) in [5.41, 5.74) is 0.121. The molecular formula is C17H28F2O. The van der Waals surface area contributed by atoms with E-state index in [0.717, 1.165) is 12.5 Å². The van der Waals surface area contributed by atoms with Gasteiger partial charge in [-0.25, -0.2) is 8.78 Å². The molecule has 0 N–H and O–H groups in total. The summed E-state index contributed by atoms with van der Waals surface area (Å²) >= 11 is 0. The summed E-state index contributed by atoms with van der Waals surface area (Å²) in [6, 6.07) is 0. The minimum Gasteiger partial charge on any atom is -0.378 e. The van der Waals surface area contributed by atoms with E-state index < -0.39 is 11.7 Å². The highest BCUT2D eigenvalue weighted by Crippen LogP contribution is 2.25. The average molecular weight is 286 g/mol. The molecule has 0 spiro atoms. The van der Waals surface area contributed by atoms with E-state index in [1.54, 1.807) is 6.92 Å². The highest BCUT2D eigenvalue weighted by Gasteiger charge is 2.18. The van der Waals surface area contributed by atoms with Gasteiger partial charge in [-0.3, -0.25) is 0 Å². The lowest BCUT2D eigenvalue weighted by molar-refractivity contribution is 0.0150. The van der Waals surface area contributed by atoms with Crippen LogP contribution in [-0.2, 0) is 4.74 Å². The fourth-order valence-electron chi connectivity index (χ4n) is 1.78. The number of rotatable bonds is 10. The number of unbranched alkanes of at least 4 members (excludes halogenated alkanes) is 1. The van der Waals surface area contributed by atoms with Crippen LogP contribution in [0.1, 0.15) is 47.0 Å². The molecule has 0 fully saturated rings. The van der Waals surface area contributed by atoms with E-state index in [0.29, 0.717) is 12.5 Å². The minimum atomic E-state index is -0.966. The van der Waals surface area contributed by atoms with E-state index in [2.05, 4.69) is 27.0 Å². The summed E-state index contributed by atoms with van der Waals surface area (Å²) in [7, 11) is 0. The molecule has 3 heteroatoms. The van der Waals surface area contributed by atoms with Crippen LogP contribution in [-0.4, -0.2) is 12.7 Å². The van der Waals surface area contributed by atoms with Gasteiger partial charge in [0.25, 0.3) is 0 Å². The van der Waals surface area contributed by atoms with Crippen LogP contribution in [0.15, 0.2) is 36.5 Å². The Hall–Kier alpha value is -0.960. The zero-order chi connectivity index (χ0) is 15.7. The molecule has 0 aliphatic carbocycles. The van der Waals surface area contributed by atoms with Gasteiger partial charge in [0, 0.05) is 5.92 Å². The molecule has 0 saturated heterocycles. The second-order valence-corrected chi connectivity index (χ2v) is 5.45. The molecule has 116 valence electrons. The summed E-state index contributed by atoms with van der Waals surface area (Å²) in [5.74, 6) is -1.70. The minimum absolute atomic E-state index is 0.105. The Morgan fingerprint density at radius 3 is 2.35 bits per heavy atom. The molecule has 0 bridgehead atoms. The number of hydrogen-bond donors (Lipinski definition) is 0. The van der Waals surface area contributed by atoms with Crippen molar-refractivity contribution < 1.29 is 13.5 Å². The lowest BCUT2D eigenvalue weighted by atomic mass is 9.98. The van der Waals surface area contributed by atoms with Crippen LogP contribution in [0.25, 0.3) is 0 Å². The number of allylic oxidation sites excluding steroid dienone is 3. The Morgan fingerprint density at radius 2 is 1.85 bits per heavy atom. The molecule has 3 unspecified atom stereocenters. The van der Waals surface area contributed by atoms with Gasteiger partial charge in [-0.2, -0.15) is 0 Å². The molecule has 0 aromatic rings. The van der Waals surface area contributed by atoms with Crippen LogP contribution >= 0.6 is 0 Å². The summed E-state index contributed by atoms with van der Waals surface area (Å²) in [6.45, 7) is 15.3. The van der Waals surface area contributed by atoms with Crippen molar-refractivity contribution in [1.82, 2.24) is 0 Å². The lowest BCUT2D eigenvalue weighted by Crippen LogP contribution is -2.22. The Kier molecular flexibility index (Phi) is 9.39. The van der Waals surface area contributed by atoms with E-state index >= 15 is 0 Å². The van der Waals surface area contributed by atoms with E-state index in [1.165, 1.54) is 12.8 Å². The predicted octanol–water partition coefficient (Wildman–Crippen LogP) is 5.75. The molecule has 0 aliphatic heterocycles. The zero-order valence-corrected chi connectivity index (χ0v) is 13.2. The molecule has 3 atom stereocenters. The zero-order valence-electron chi connectivity index (χ0n) is 13.2. The van der Waals surface area contributed by atoms with Crippen LogP contribution in [0.3, 0.4) is 0 Å². The Morgan fingerprint density at radius 1 is 1.25 bits per heavy atom. The average Bonchev–Trinajstić information content (AvgIpc) is 2.46. The first-order valence-electron chi connectivity index (χ1n) is 7.33.